The molecule has 0 saturated heterocycles. The van der Waals surface area contributed by atoms with E-state index in [-0.39, 0.29) is 0 Å². The van der Waals surface area contributed by atoms with Crippen molar-refractivity contribution in [2.45, 2.75) is 20.0 Å². The second kappa shape index (κ2) is 8.10. The number of methoxy groups -OCH3 is 1. The lowest BCUT2D eigenvalue weighted by molar-refractivity contribution is 0.414. The third kappa shape index (κ3) is 4.91. The fraction of sp³-hybridized carbons (Fsp3) is 0.211. The van der Waals surface area contributed by atoms with Gasteiger partial charge in [0, 0.05) is 37.2 Å². The fourth-order valence-electron chi connectivity index (χ4n) is 2.36. The van der Waals surface area contributed by atoms with Crippen molar-refractivity contribution in [1.82, 2.24) is 15.0 Å². The highest BCUT2D eigenvalue weighted by molar-refractivity contribution is 5.43. The molecule has 6 heteroatoms. The minimum Gasteiger partial charge on any atom is -0.497 e. The average Bonchev–Trinajstić information content (AvgIpc) is 2.66. The van der Waals surface area contributed by atoms with Gasteiger partial charge in [-0.2, -0.15) is 4.98 Å². The molecule has 0 bridgehead atoms. The van der Waals surface area contributed by atoms with E-state index in [1.807, 2.05) is 49.4 Å². The highest BCUT2D eigenvalue weighted by atomic mass is 16.5. The number of hydrogen-bond donors (Lipinski definition) is 2. The Bertz CT molecular complexity index is 806. The smallest absolute Gasteiger partial charge is 0.225 e. The largest absolute Gasteiger partial charge is 0.497 e. The predicted molar refractivity (Wildman–Crippen MR) is 98.7 cm³/mol. The molecule has 128 valence electrons. The van der Waals surface area contributed by atoms with Gasteiger partial charge in [0.15, 0.2) is 0 Å². The number of ether oxygens (including phenoxy) is 1. The molecule has 0 aliphatic rings. The van der Waals surface area contributed by atoms with Gasteiger partial charge in [0.25, 0.3) is 0 Å². The van der Waals surface area contributed by atoms with E-state index in [0.29, 0.717) is 19.0 Å². The Morgan fingerprint density at radius 3 is 2.28 bits per heavy atom. The highest BCUT2D eigenvalue weighted by Gasteiger charge is 2.03. The summed E-state index contributed by atoms with van der Waals surface area (Å²) in [5, 5.41) is 6.58. The Kier molecular flexibility index (Phi) is 5.41. The Balaban J connectivity index is 1.62. The van der Waals surface area contributed by atoms with Crippen LogP contribution in [0.15, 0.2) is 54.9 Å². The third-order valence-electron chi connectivity index (χ3n) is 3.69. The number of anilines is 2. The van der Waals surface area contributed by atoms with Crippen molar-refractivity contribution in [3.05, 3.63) is 71.7 Å². The van der Waals surface area contributed by atoms with E-state index in [1.54, 1.807) is 19.5 Å². The Hall–Kier alpha value is -3.15. The zero-order chi connectivity index (χ0) is 17.5. The molecule has 6 nitrogen and oxygen atoms in total. The summed E-state index contributed by atoms with van der Waals surface area (Å²) in [7, 11) is 1.66. The van der Waals surface area contributed by atoms with Gasteiger partial charge >= 0.3 is 0 Å². The van der Waals surface area contributed by atoms with Gasteiger partial charge in [-0.3, -0.25) is 4.98 Å². The maximum absolute atomic E-state index is 5.17. The number of pyridine rings is 1. The van der Waals surface area contributed by atoms with Crippen LogP contribution in [0.2, 0.25) is 0 Å². The van der Waals surface area contributed by atoms with E-state index in [0.717, 1.165) is 28.4 Å². The molecule has 25 heavy (non-hydrogen) atoms. The van der Waals surface area contributed by atoms with E-state index in [1.165, 1.54) is 0 Å². The van der Waals surface area contributed by atoms with Gasteiger partial charge < -0.3 is 15.4 Å². The second-order valence-corrected chi connectivity index (χ2v) is 5.63. The van der Waals surface area contributed by atoms with Crippen molar-refractivity contribution in [1.29, 1.82) is 0 Å². The number of nitrogens with zero attached hydrogens (tertiary/aromatic N) is 3. The highest BCUT2D eigenvalue weighted by Crippen LogP contribution is 2.14. The van der Waals surface area contributed by atoms with Crippen LogP contribution in [-0.4, -0.2) is 22.1 Å². The fourth-order valence-corrected chi connectivity index (χ4v) is 2.36. The monoisotopic (exact) mass is 335 g/mol. The Labute approximate surface area is 147 Å². The summed E-state index contributed by atoms with van der Waals surface area (Å²) in [4.78, 5) is 13.0. The Morgan fingerprint density at radius 2 is 1.56 bits per heavy atom. The molecule has 0 saturated carbocycles. The van der Waals surface area contributed by atoms with Crippen molar-refractivity contribution in [3.63, 3.8) is 0 Å². The van der Waals surface area contributed by atoms with Crippen molar-refractivity contribution in [2.75, 3.05) is 17.7 Å². The lowest BCUT2D eigenvalue weighted by atomic mass is 10.2. The number of hydrogen-bond acceptors (Lipinski definition) is 6. The summed E-state index contributed by atoms with van der Waals surface area (Å²) in [5.41, 5.74) is 3.20. The molecule has 0 unspecified atom stereocenters. The van der Waals surface area contributed by atoms with Crippen molar-refractivity contribution < 1.29 is 4.74 Å². The lowest BCUT2D eigenvalue weighted by Crippen LogP contribution is -2.08. The Morgan fingerprint density at radius 1 is 0.880 bits per heavy atom. The molecule has 2 aromatic heterocycles. The van der Waals surface area contributed by atoms with Gasteiger partial charge in [0.1, 0.15) is 11.6 Å². The van der Waals surface area contributed by atoms with Gasteiger partial charge in [0.2, 0.25) is 5.95 Å². The molecule has 0 atom stereocenters. The molecule has 3 aromatic rings. The van der Waals surface area contributed by atoms with Gasteiger partial charge in [-0.05, 0) is 42.3 Å². The van der Waals surface area contributed by atoms with Crippen LogP contribution in [0.25, 0.3) is 0 Å². The molecule has 0 aliphatic heterocycles. The summed E-state index contributed by atoms with van der Waals surface area (Å²) >= 11 is 0. The summed E-state index contributed by atoms with van der Waals surface area (Å²) in [5.74, 6) is 2.25. The molecule has 0 spiro atoms. The van der Waals surface area contributed by atoms with Crippen molar-refractivity contribution in [2.24, 2.45) is 0 Å². The molecule has 1 aromatic carbocycles. The number of aryl methyl sites for hydroxylation is 1. The first kappa shape index (κ1) is 16.7. The van der Waals surface area contributed by atoms with Crippen LogP contribution in [0.4, 0.5) is 11.8 Å². The quantitative estimate of drug-likeness (QED) is 0.689. The molecule has 2 heterocycles. The summed E-state index contributed by atoms with van der Waals surface area (Å²) in [6.45, 7) is 3.30. The maximum atomic E-state index is 5.17. The zero-order valence-electron chi connectivity index (χ0n) is 14.4. The van der Waals surface area contributed by atoms with Gasteiger partial charge in [-0.15, -0.1) is 0 Å². The van der Waals surface area contributed by atoms with Crippen LogP contribution in [-0.2, 0) is 13.1 Å². The number of nitrogens with one attached hydrogen (secondary N) is 2. The van der Waals surface area contributed by atoms with Crippen LogP contribution in [0.3, 0.4) is 0 Å². The van der Waals surface area contributed by atoms with Crippen molar-refractivity contribution in [3.8, 4) is 5.75 Å². The minimum atomic E-state index is 0.606. The van der Waals surface area contributed by atoms with Crippen LogP contribution < -0.4 is 15.4 Å². The third-order valence-corrected chi connectivity index (χ3v) is 3.69. The zero-order valence-corrected chi connectivity index (χ0v) is 14.4. The molecular formula is C19H21N5O. The van der Waals surface area contributed by atoms with Crippen LogP contribution in [0.5, 0.6) is 5.75 Å². The average molecular weight is 335 g/mol. The van der Waals surface area contributed by atoms with Crippen LogP contribution >= 0.6 is 0 Å². The molecule has 2 N–H and O–H groups in total. The molecule has 0 aliphatic carbocycles. The second-order valence-electron chi connectivity index (χ2n) is 5.63. The normalized spacial score (nSPS) is 10.3. The van der Waals surface area contributed by atoms with Gasteiger partial charge in [-0.25, -0.2) is 4.98 Å². The van der Waals surface area contributed by atoms with Crippen LogP contribution in [0.1, 0.15) is 16.8 Å². The van der Waals surface area contributed by atoms with E-state index in [9.17, 15) is 0 Å². The first-order valence-electron chi connectivity index (χ1n) is 8.08. The molecule has 0 radical (unpaired) electrons. The first-order chi connectivity index (χ1) is 12.2. The number of aromatic nitrogens is 3. The van der Waals surface area contributed by atoms with Gasteiger partial charge in [0.05, 0.1) is 7.11 Å². The minimum absolute atomic E-state index is 0.606. The number of benzene rings is 1. The van der Waals surface area contributed by atoms with E-state index in [4.69, 9.17) is 4.74 Å². The summed E-state index contributed by atoms with van der Waals surface area (Å²) < 4.78 is 5.17. The predicted octanol–water partition coefficient (Wildman–Crippen LogP) is 3.41. The van der Waals surface area contributed by atoms with E-state index in [2.05, 4.69) is 25.6 Å². The molecule has 0 amide bonds. The SMILES string of the molecule is COc1ccc(CNc2cc(C)nc(NCc3ccncc3)n2)cc1. The topological polar surface area (TPSA) is 72.0 Å². The van der Waals surface area contributed by atoms with Gasteiger partial charge in [-0.1, -0.05) is 12.1 Å². The summed E-state index contributed by atoms with van der Waals surface area (Å²) in [6.07, 6.45) is 3.55. The standard InChI is InChI=1S/C19H21N5O/c1-14-11-18(21-12-15-3-5-17(25-2)6-4-15)24-19(23-14)22-13-16-7-9-20-10-8-16/h3-11H,12-13H2,1-2H3,(H2,21,22,23,24). The molecule has 0 fully saturated rings. The van der Waals surface area contributed by atoms with E-state index >= 15 is 0 Å². The van der Waals surface area contributed by atoms with E-state index < -0.39 is 0 Å². The number of rotatable bonds is 7. The molecule has 3 rings (SSSR count). The van der Waals surface area contributed by atoms with Crippen LogP contribution in [0, 0.1) is 6.92 Å². The maximum Gasteiger partial charge on any atom is 0.225 e. The first-order valence-corrected chi connectivity index (χ1v) is 8.08. The molecular weight excluding hydrogens is 314 g/mol. The lowest BCUT2D eigenvalue weighted by Gasteiger charge is -2.10. The summed E-state index contributed by atoms with van der Waals surface area (Å²) in [6, 6.07) is 13.8. The van der Waals surface area contributed by atoms with Crippen molar-refractivity contribution >= 4 is 11.8 Å².